The molecule has 0 spiro atoms. The molecular weight excluding hydrogens is 481 g/mol. The third kappa shape index (κ3) is 4.98. The number of ether oxygens (including phenoxy) is 2. The van der Waals surface area contributed by atoms with E-state index in [-0.39, 0.29) is 24.4 Å². The van der Waals surface area contributed by atoms with Gasteiger partial charge in [0, 0.05) is 47.1 Å². The molecule has 4 N–H and O–H groups in total. The Bertz CT molecular complexity index is 1350. The lowest BCUT2D eigenvalue weighted by Gasteiger charge is -2.32. The summed E-state index contributed by atoms with van der Waals surface area (Å²) in [5.74, 6) is 1.73. The van der Waals surface area contributed by atoms with Crippen molar-refractivity contribution in [2.45, 2.75) is 32.4 Å². The highest BCUT2D eigenvalue weighted by Gasteiger charge is 2.31. The van der Waals surface area contributed by atoms with Gasteiger partial charge in [0.15, 0.2) is 0 Å². The number of nitrogen functional groups attached to an aromatic ring is 1. The molecule has 2 aliphatic heterocycles. The minimum absolute atomic E-state index is 0.140. The fraction of sp³-hybridized carbons (Fsp3) is 0.323. The van der Waals surface area contributed by atoms with Crippen molar-refractivity contribution >= 4 is 23.0 Å². The molecule has 6 nitrogen and oxygen atoms in total. The number of allylic oxidation sites excluding steroid dienone is 1. The Labute approximate surface area is 223 Å². The Morgan fingerprint density at radius 3 is 2.68 bits per heavy atom. The maximum Gasteiger partial charge on any atom is 0.150 e. The third-order valence-electron chi connectivity index (χ3n) is 7.66. The molecule has 38 heavy (non-hydrogen) atoms. The maximum atomic E-state index is 13.0. The molecule has 0 bridgehead atoms. The van der Waals surface area contributed by atoms with Crippen LogP contribution in [0.25, 0.3) is 11.1 Å². The van der Waals surface area contributed by atoms with Gasteiger partial charge in [-0.05, 0) is 79.9 Å². The topological polar surface area (TPSA) is 91.8 Å². The van der Waals surface area contributed by atoms with Crippen LogP contribution < -0.4 is 15.2 Å². The lowest BCUT2D eigenvalue weighted by atomic mass is 9.84. The lowest BCUT2D eigenvalue weighted by Crippen LogP contribution is -2.35. The first-order valence-corrected chi connectivity index (χ1v) is 13.0. The Morgan fingerprint density at radius 2 is 2.00 bits per heavy atom. The second kappa shape index (κ2) is 10.9. The summed E-state index contributed by atoms with van der Waals surface area (Å²) in [6.45, 7) is 6.10. The number of nitrogens with zero attached hydrogens (tertiary/aromatic N) is 1. The molecule has 2 aliphatic rings. The Morgan fingerprint density at radius 1 is 1.21 bits per heavy atom. The predicted molar refractivity (Wildman–Crippen MR) is 150 cm³/mol. The predicted octanol–water partition coefficient (Wildman–Crippen LogP) is 6.10. The van der Waals surface area contributed by atoms with Gasteiger partial charge in [0.1, 0.15) is 30.0 Å². The molecule has 1 fully saturated rings. The zero-order valence-electron chi connectivity index (χ0n) is 21.8. The highest BCUT2D eigenvalue weighted by molar-refractivity contribution is 6.03. The fourth-order valence-electron chi connectivity index (χ4n) is 5.50. The summed E-state index contributed by atoms with van der Waals surface area (Å²) in [7, 11) is 0. The van der Waals surface area contributed by atoms with Gasteiger partial charge in [-0.2, -0.15) is 0 Å². The molecule has 3 aromatic carbocycles. The molecule has 7 heteroatoms. The van der Waals surface area contributed by atoms with Crippen molar-refractivity contribution < 1.29 is 19.0 Å². The highest BCUT2D eigenvalue weighted by Crippen LogP contribution is 2.48. The van der Waals surface area contributed by atoms with Gasteiger partial charge in [-0.15, -0.1) is 0 Å². The van der Waals surface area contributed by atoms with Crippen molar-refractivity contribution in [2.24, 2.45) is 5.92 Å². The van der Waals surface area contributed by atoms with Gasteiger partial charge in [-0.25, -0.2) is 0 Å². The number of nitrogens with two attached hydrogens (primary N) is 1. The van der Waals surface area contributed by atoms with E-state index >= 15 is 0 Å². The fourth-order valence-corrected chi connectivity index (χ4v) is 5.50. The average molecular weight is 516 g/mol. The van der Waals surface area contributed by atoms with Crippen LogP contribution in [-0.4, -0.2) is 48.6 Å². The first-order chi connectivity index (χ1) is 18.4. The number of phenolic OH excluding ortho intramolecular Hbond substituents is 1. The third-order valence-corrected chi connectivity index (χ3v) is 7.66. The van der Waals surface area contributed by atoms with Crippen LogP contribution in [0.15, 0.2) is 60.7 Å². The number of nitrogens with one attached hydrogen (secondary N) is 1. The summed E-state index contributed by atoms with van der Waals surface area (Å²) in [5.41, 5.74) is 11.7. The number of likely N-dealkylation sites (tertiary alicyclic amines) is 1. The molecule has 0 saturated carbocycles. The summed E-state index contributed by atoms with van der Waals surface area (Å²) in [5, 5.41) is 18.2. The first kappa shape index (κ1) is 25.8. The molecule has 198 valence electrons. The van der Waals surface area contributed by atoms with Crippen molar-refractivity contribution in [3.05, 3.63) is 82.9 Å². The molecule has 3 atom stereocenters. The Balaban J connectivity index is 1.42. The van der Waals surface area contributed by atoms with Crippen molar-refractivity contribution in [3.8, 4) is 17.2 Å². The number of hydrogen-bond acceptors (Lipinski definition) is 6. The summed E-state index contributed by atoms with van der Waals surface area (Å²) in [6, 6.07) is 18.8. The molecule has 0 aliphatic carbocycles. The van der Waals surface area contributed by atoms with Gasteiger partial charge in [0.05, 0.1) is 6.67 Å². The number of fused-ring (bicyclic) bond motifs is 1. The smallest absolute Gasteiger partial charge is 0.150 e. The van der Waals surface area contributed by atoms with Gasteiger partial charge < -0.3 is 25.7 Å². The second-order valence-electron chi connectivity index (χ2n) is 10.2. The van der Waals surface area contributed by atoms with Crippen LogP contribution in [0.1, 0.15) is 48.6 Å². The number of halogens is 1. The molecule has 0 radical (unpaired) electrons. The van der Waals surface area contributed by atoms with Crippen LogP contribution in [0.2, 0.25) is 0 Å². The van der Waals surface area contributed by atoms with Gasteiger partial charge >= 0.3 is 0 Å². The summed E-state index contributed by atoms with van der Waals surface area (Å²) in [6.07, 6.45) is 1.73. The molecule has 5 rings (SSSR count). The molecule has 3 aromatic rings. The second-order valence-corrected chi connectivity index (χ2v) is 10.2. The van der Waals surface area contributed by atoms with Gasteiger partial charge in [0.25, 0.3) is 0 Å². The van der Waals surface area contributed by atoms with Gasteiger partial charge in [0.2, 0.25) is 0 Å². The van der Waals surface area contributed by atoms with Crippen LogP contribution >= 0.6 is 0 Å². The minimum atomic E-state index is -0.429. The highest BCUT2D eigenvalue weighted by atomic mass is 19.1. The van der Waals surface area contributed by atoms with Crippen LogP contribution in [0.3, 0.4) is 0 Å². The zero-order valence-corrected chi connectivity index (χ0v) is 21.8. The molecule has 1 saturated heterocycles. The lowest BCUT2D eigenvalue weighted by molar-refractivity contribution is 0.165. The molecule has 3 unspecified atom stereocenters. The van der Waals surface area contributed by atoms with E-state index in [4.69, 9.17) is 20.6 Å². The number of alkyl halides is 1. The number of anilines is 1. The Kier molecular flexibility index (Phi) is 7.38. The monoisotopic (exact) mass is 515 g/mol. The van der Waals surface area contributed by atoms with E-state index < -0.39 is 6.10 Å². The van der Waals surface area contributed by atoms with Crippen LogP contribution in [0.5, 0.6) is 17.2 Å². The molecule has 0 aromatic heterocycles. The quantitative estimate of drug-likeness (QED) is 0.249. The van der Waals surface area contributed by atoms with E-state index in [0.29, 0.717) is 23.6 Å². The average Bonchev–Trinajstić information content (AvgIpc) is 3.42. The van der Waals surface area contributed by atoms with Crippen molar-refractivity contribution in [2.75, 3.05) is 32.1 Å². The standard InChI is InChI=1S/C31H34FN3O3/c1-19(35-13-12-21(15-32)17-35)18-37-25-8-6-22(7-9-25)31-29(23-4-3-5-24(36)14-23)20(2)30-26(16-33)27(34)10-11-28(30)38-31/h3-11,14,16,19,21,31,33,36H,12-13,15,17-18,34H2,1-2H3. The minimum Gasteiger partial charge on any atom is -0.508 e. The molecule has 2 heterocycles. The number of rotatable bonds is 8. The van der Waals surface area contributed by atoms with Crippen LogP contribution in [0.4, 0.5) is 10.1 Å². The normalized spacial score (nSPS) is 20.1. The van der Waals surface area contributed by atoms with E-state index in [1.165, 1.54) is 6.21 Å². The van der Waals surface area contributed by atoms with Gasteiger partial charge in [-0.3, -0.25) is 9.29 Å². The molecule has 0 amide bonds. The van der Waals surface area contributed by atoms with E-state index in [9.17, 15) is 9.50 Å². The summed E-state index contributed by atoms with van der Waals surface area (Å²) < 4.78 is 25.6. The van der Waals surface area contributed by atoms with Gasteiger partial charge in [-0.1, -0.05) is 24.3 Å². The van der Waals surface area contributed by atoms with Crippen molar-refractivity contribution in [1.29, 1.82) is 5.41 Å². The Hall–Kier alpha value is -3.84. The van der Waals surface area contributed by atoms with E-state index in [2.05, 4.69) is 11.8 Å². The number of phenols is 1. The number of benzene rings is 3. The SMILES string of the molecule is CC1=C(c2cccc(O)c2)C(c2ccc(OCC(C)N3CCC(CF)C3)cc2)Oc2ccc(N)c(C=N)c21. The van der Waals surface area contributed by atoms with Crippen LogP contribution in [-0.2, 0) is 0 Å². The van der Waals surface area contributed by atoms with Crippen molar-refractivity contribution in [1.82, 2.24) is 4.90 Å². The van der Waals surface area contributed by atoms with Crippen LogP contribution in [0, 0.1) is 11.3 Å². The summed E-state index contributed by atoms with van der Waals surface area (Å²) in [4.78, 5) is 2.29. The summed E-state index contributed by atoms with van der Waals surface area (Å²) >= 11 is 0. The maximum absolute atomic E-state index is 13.0. The zero-order chi connectivity index (χ0) is 26.8. The van der Waals surface area contributed by atoms with Crippen molar-refractivity contribution in [3.63, 3.8) is 0 Å². The number of hydrogen-bond donors (Lipinski definition) is 3. The number of aromatic hydroxyl groups is 1. The molecular formula is C31H34FN3O3. The van der Waals surface area contributed by atoms with E-state index in [1.54, 1.807) is 18.2 Å². The van der Waals surface area contributed by atoms with E-state index in [1.807, 2.05) is 49.4 Å². The first-order valence-electron chi connectivity index (χ1n) is 13.0. The van der Waals surface area contributed by atoms with E-state index in [0.717, 1.165) is 53.1 Å². The largest absolute Gasteiger partial charge is 0.508 e.